The number of rotatable bonds is 3. The van der Waals surface area contributed by atoms with Crippen LogP contribution in [0.5, 0.6) is 0 Å². The second-order valence-electron chi connectivity index (χ2n) is 4.79. The Labute approximate surface area is 122 Å². The minimum atomic E-state index is -0.939. The molecule has 1 N–H and O–H groups in total. The highest BCUT2D eigenvalue weighted by Gasteiger charge is 2.29. The summed E-state index contributed by atoms with van der Waals surface area (Å²) < 4.78 is 5.26. The number of hydrogen-bond acceptors (Lipinski definition) is 3. The second kappa shape index (κ2) is 6.24. The molecule has 2 rings (SSSR count). The third kappa shape index (κ3) is 3.29. The third-order valence-electron chi connectivity index (χ3n) is 3.30. The molecule has 0 bridgehead atoms. The fourth-order valence-corrected chi connectivity index (χ4v) is 2.35. The number of morpholine rings is 1. The van der Waals surface area contributed by atoms with Crippen LogP contribution in [0.1, 0.15) is 22.3 Å². The average molecular weight is 298 g/mol. The summed E-state index contributed by atoms with van der Waals surface area (Å²) in [7, 11) is 0. The van der Waals surface area contributed by atoms with E-state index >= 15 is 0 Å². The van der Waals surface area contributed by atoms with Gasteiger partial charge in [0.05, 0.1) is 25.7 Å². The zero-order chi connectivity index (χ0) is 14.7. The van der Waals surface area contributed by atoms with E-state index in [0.29, 0.717) is 23.7 Å². The van der Waals surface area contributed by atoms with Crippen LogP contribution < -0.4 is 0 Å². The van der Waals surface area contributed by atoms with E-state index in [1.165, 1.54) is 0 Å². The largest absolute Gasteiger partial charge is 0.481 e. The fourth-order valence-electron chi connectivity index (χ4n) is 2.24. The van der Waals surface area contributed by atoms with Gasteiger partial charge in [-0.05, 0) is 30.7 Å². The number of benzene rings is 1. The van der Waals surface area contributed by atoms with Crippen molar-refractivity contribution in [1.82, 2.24) is 4.90 Å². The highest BCUT2D eigenvalue weighted by molar-refractivity contribution is 6.31. The van der Waals surface area contributed by atoms with Gasteiger partial charge < -0.3 is 14.7 Å². The van der Waals surface area contributed by atoms with Crippen molar-refractivity contribution in [3.8, 4) is 0 Å². The fraction of sp³-hybridized carbons (Fsp3) is 0.429. The quantitative estimate of drug-likeness (QED) is 0.926. The first kappa shape index (κ1) is 14.8. The van der Waals surface area contributed by atoms with Gasteiger partial charge in [-0.1, -0.05) is 11.6 Å². The van der Waals surface area contributed by atoms with E-state index in [-0.39, 0.29) is 18.9 Å². The number of aryl methyl sites for hydroxylation is 1. The van der Waals surface area contributed by atoms with Gasteiger partial charge in [0, 0.05) is 17.1 Å². The standard InChI is InChI=1S/C14H16ClNO4/c1-9-6-10(2-3-12(9)15)14(19)16-4-5-20-8-11(16)7-13(17)18/h2-3,6,11H,4-5,7-8H2,1H3,(H,17,18). The lowest BCUT2D eigenvalue weighted by Gasteiger charge is -2.35. The number of carbonyl (C=O) groups is 2. The average Bonchev–Trinajstić information content (AvgIpc) is 2.41. The Morgan fingerprint density at radius 3 is 2.90 bits per heavy atom. The molecule has 0 saturated carbocycles. The lowest BCUT2D eigenvalue weighted by Crippen LogP contribution is -2.49. The molecule has 1 aromatic carbocycles. The lowest BCUT2D eigenvalue weighted by molar-refractivity contribution is -0.139. The van der Waals surface area contributed by atoms with Gasteiger partial charge in [0.25, 0.3) is 5.91 Å². The molecule has 1 heterocycles. The lowest BCUT2D eigenvalue weighted by atomic mass is 10.1. The predicted octanol–water partition coefficient (Wildman–Crippen LogP) is 1.96. The Hall–Kier alpha value is -1.59. The van der Waals surface area contributed by atoms with Gasteiger partial charge in [-0.3, -0.25) is 9.59 Å². The first-order valence-electron chi connectivity index (χ1n) is 6.35. The number of aliphatic carboxylic acids is 1. The first-order valence-corrected chi connectivity index (χ1v) is 6.73. The van der Waals surface area contributed by atoms with E-state index in [4.69, 9.17) is 21.4 Å². The van der Waals surface area contributed by atoms with Gasteiger partial charge in [-0.25, -0.2) is 0 Å². The molecule has 5 nitrogen and oxygen atoms in total. The Morgan fingerprint density at radius 2 is 2.25 bits per heavy atom. The molecular weight excluding hydrogens is 282 g/mol. The number of carboxylic acid groups (broad SMARTS) is 1. The van der Waals surface area contributed by atoms with Crippen LogP contribution in [0.2, 0.25) is 5.02 Å². The maximum absolute atomic E-state index is 12.5. The van der Waals surface area contributed by atoms with Crippen molar-refractivity contribution in [2.24, 2.45) is 0 Å². The smallest absolute Gasteiger partial charge is 0.305 e. The van der Waals surface area contributed by atoms with Crippen LogP contribution in [-0.4, -0.2) is 47.7 Å². The topological polar surface area (TPSA) is 66.8 Å². The summed E-state index contributed by atoms with van der Waals surface area (Å²) in [4.78, 5) is 24.9. The molecule has 20 heavy (non-hydrogen) atoms. The molecule has 1 atom stereocenters. The van der Waals surface area contributed by atoms with Crippen molar-refractivity contribution < 1.29 is 19.4 Å². The minimum absolute atomic E-state index is 0.113. The van der Waals surface area contributed by atoms with Crippen LogP contribution in [0.15, 0.2) is 18.2 Å². The van der Waals surface area contributed by atoms with Gasteiger partial charge in [0.15, 0.2) is 0 Å². The summed E-state index contributed by atoms with van der Waals surface area (Å²) >= 11 is 5.95. The van der Waals surface area contributed by atoms with Gasteiger partial charge in [-0.15, -0.1) is 0 Å². The molecule has 1 fully saturated rings. The van der Waals surface area contributed by atoms with Crippen molar-refractivity contribution >= 4 is 23.5 Å². The van der Waals surface area contributed by atoms with Gasteiger partial charge >= 0.3 is 5.97 Å². The van der Waals surface area contributed by atoms with E-state index in [2.05, 4.69) is 0 Å². The molecule has 0 spiro atoms. The Balaban J connectivity index is 2.20. The van der Waals surface area contributed by atoms with E-state index < -0.39 is 12.0 Å². The number of halogens is 1. The Kier molecular flexibility index (Phi) is 4.62. The maximum Gasteiger partial charge on any atom is 0.305 e. The van der Waals surface area contributed by atoms with Crippen molar-refractivity contribution in [2.45, 2.75) is 19.4 Å². The molecule has 0 aromatic heterocycles. The minimum Gasteiger partial charge on any atom is -0.481 e. The zero-order valence-electron chi connectivity index (χ0n) is 11.1. The van der Waals surface area contributed by atoms with Crippen LogP contribution in [-0.2, 0) is 9.53 Å². The van der Waals surface area contributed by atoms with Crippen molar-refractivity contribution in [1.29, 1.82) is 0 Å². The van der Waals surface area contributed by atoms with Gasteiger partial charge in [-0.2, -0.15) is 0 Å². The number of hydrogen-bond donors (Lipinski definition) is 1. The van der Waals surface area contributed by atoms with E-state index in [1.54, 1.807) is 23.1 Å². The molecule has 1 aliphatic heterocycles. The first-order chi connectivity index (χ1) is 9.49. The van der Waals surface area contributed by atoms with E-state index in [1.807, 2.05) is 6.92 Å². The Bertz CT molecular complexity index is 532. The molecule has 108 valence electrons. The summed E-state index contributed by atoms with van der Waals surface area (Å²) in [6.07, 6.45) is -0.113. The third-order valence-corrected chi connectivity index (χ3v) is 3.73. The van der Waals surface area contributed by atoms with E-state index in [0.717, 1.165) is 5.56 Å². The molecule has 1 aromatic rings. The van der Waals surface area contributed by atoms with Crippen LogP contribution in [0.3, 0.4) is 0 Å². The summed E-state index contributed by atoms with van der Waals surface area (Å²) in [6.45, 7) is 2.91. The molecule has 1 aliphatic rings. The van der Waals surface area contributed by atoms with Crippen LogP contribution in [0.25, 0.3) is 0 Å². The van der Waals surface area contributed by atoms with Crippen LogP contribution in [0, 0.1) is 6.92 Å². The molecule has 1 unspecified atom stereocenters. The number of carbonyl (C=O) groups excluding carboxylic acids is 1. The summed E-state index contributed by atoms with van der Waals surface area (Å²) in [5.41, 5.74) is 1.34. The molecular formula is C14H16ClNO4. The highest BCUT2D eigenvalue weighted by Crippen LogP contribution is 2.20. The van der Waals surface area contributed by atoms with Crippen LogP contribution >= 0.6 is 11.6 Å². The van der Waals surface area contributed by atoms with Crippen molar-refractivity contribution in [3.05, 3.63) is 34.3 Å². The van der Waals surface area contributed by atoms with Gasteiger partial charge in [0.1, 0.15) is 0 Å². The van der Waals surface area contributed by atoms with Crippen molar-refractivity contribution in [2.75, 3.05) is 19.8 Å². The van der Waals surface area contributed by atoms with Crippen LogP contribution in [0.4, 0.5) is 0 Å². The highest BCUT2D eigenvalue weighted by atomic mass is 35.5. The Morgan fingerprint density at radius 1 is 1.50 bits per heavy atom. The van der Waals surface area contributed by atoms with Crippen molar-refractivity contribution in [3.63, 3.8) is 0 Å². The maximum atomic E-state index is 12.5. The van der Waals surface area contributed by atoms with E-state index in [9.17, 15) is 9.59 Å². The second-order valence-corrected chi connectivity index (χ2v) is 5.20. The monoisotopic (exact) mass is 297 g/mol. The summed E-state index contributed by atoms with van der Waals surface area (Å²) in [6, 6.07) is 4.63. The number of carboxylic acids is 1. The number of ether oxygens (including phenoxy) is 1. The number of nitrogens with zero attached hydrogens (tertiary/aromatic N) is 1. The molecule has 6 heteroatoms. The molecule has 0 aliphatic carbocycles. The normalized spacial score (nSPS) is 18.9. The predicted molar refractivity (Wildman–Crippen MR) is 74.1 cm³/mol. The molecule has 1 saturated heterocycles. The SMILES string of the molecule is Cc1cc(C(=O)N2CCOCC2CC(=O)O)ccc1Cl. The molecule has 0 radical (unpaired) electrons. The number of amides is 1. The summed E-state index contributed by atoms with van der Waals surface area (Å²) in [5.74, 6) is -1.12. The molecule has 1 amide bonds. The zero-order valence-corrected chi connectivity index (χ0v) is 11.9. The summed E-state index contributed by atoms with van der Waals surface area (Å²) in [5, 5.41) is 9.51. The van der Waals surface area contributed by atoms with Gasteiger partial charge in [0.2, 0.25) is 0 Å².